The second-order valence-electron chi connectivity index (χ2n) is 12.2. The predicted octanol–water partition coefficient (Wildman–Crippen LogP) is 7.16. The molecule has 4 atom stereocenters. The molecule has 3 N–H and O–H groups in total. The van der Waals surface area contributed by atoms with Gasteiger partial charge in [-0.1, -0.05) is 103 Å². The molecule has 10 heteroatoms. The van der Waals surface area contributed by atoms with Gasteiger partial charge in [0.25, 0.3) is 0 Å². The Balaban J connectivity index is 1.10. The van der Waals surface area contributed by atoms with Gasteiger partial charge in [-0.15, -0.1) is 11.8 Å². The first kappa shape index (κ1) is 35.8. The van der Waals surface area contributed by atoms with Crippen molar-refractivity contribution in [3.05, 3.63) is 155 Å². The van der Waals surface area contributed by atoms with Crippen LogP contribution in [-0.4, -0.2) is 47.1 Å². The normalized spacial score (nSPS) is 17.6. The average Bonchev–Trinajstić information content (AvgIpc) is 3.19. The molecule has 262 valence electrons. The van der Waals surface area contributed by atoms with Gasteiger partial charge in [0.15, 0.2) is 6.29 Å². The fourth-order valence-corrected chi connectivity index (χ4v) is 6.79. The lowest BCUT2D eigenvalue weighted by Crippen LogP contribution is -2.47. The van der Waals surface area contributed by atoms with Crippen molar-refractivity contribution in [1.82, 2.24) is 15.6 Å². The van der Waals surface area contributed by atoms with Crippen molar-refractivity contribution in [3.63, 3.8) is 0 Å². The predicted molar refractivity (Wildman–Crippen MR) is 197 cm³/mol. The second-order valence-corrected chi connectivity index (χ2v) is 13.3. The number of aliphatic hydroxyl groups excluding tert-OH is 1. The van der Waals surface area contributed by atoms with Crippen molar-refractivity contribution in [2.24, 2.45) is 0 Å². The summed E-state index contributed by atoms with van der Waals surface area (Å²) < 4.78 is 18.0. The van der Waals surface area contributed by atoms with Crippen molar-refractivity contribution in [2.45, 2.75) is 55.6 Å². The molecule has 2 heterocycles. The van der Waals surface area contributed by atoms with Crippen molar-refractivity contribution >= 4 is 23.8 Å². The molecule has 0 saturated carbocycles. The summed E-state index contributed by atoms with van der Waals surface area (Å²) in [6.07, 6.45) is 2.01. The number of thioether (sulfide) groups is 1. The van der Waals surface area contributed by atoms with Crippen LogP contribution in [0.25, 0.3) is 11.1 Å². The molecule has 0 spiro atoms. The summed E-state index contributed by atoms with van der Waals surface area (Å²) in [7, 11) is 1.31. The number of urea groups is 1. The van der Waals surface area contributed by atoms with Crippen molar-refractivity contribution in [3.8, 4) is 11.1 Å². The van der Waals surface area contributed by atoms with E-state index in [9.17, 15) is 14.7 Å². The lowest BCUT2D eigenvalue weighted by Gasteiger charge is -2.36. The van der Waals surface area contributed by atoms with E-state index in [-0.39, 0.29) is 25.4 Å². The van der Waals surface area contributed by atoms with Crippen LogP contribution in [0.1, 0.15) is 46.6 Å². The van der Waals surface area contributed by atoms with Crippen LogP contribution in [0.4, 0.5) is 4.79 Å². The molecular weight excluding hydrogens is 663 g/mol. The van der Waals surface area contributed by atoms with Gasteiger partial charge in [0.2, 0.25) is 0 Å². The highest BCUT2D eigenvalue weighted by Gasteiger charge is 2.32. The molecule has 5 aromatic rings. The van der Waals surface area contributed by atoms with Crippen molar-refractivity contribution < 1.29 is 28.9 Å². The molecule has 0 aliphatic carbocycles. The molecule has 0 radical (unpaired) electrons. The third-order valence-electron chi connectivity index (χ3n) is 8.64. The molecule has 1 saturated heterocycles. The maximum atomic E-state index is 12.8. The zero-order chi connectivity index (χ0) is 35.4. The number of pyridine rings is 1. The highest BCUT2D eigenvalue weighted by atomic mass is 32.2. The van der Waals surface area contributed by atoms with E-state index in [4.69, 9.17) is 14.2 Å². The number of carbonyl (C=O) groups is 2. The second kappa shape index (κ2) is 17.8. The van der Waals surface area contributed by atoms with E-state index < -0.39 is 24.3 Å². The molecule has 1 aliphatic heterocycles. The van der Waals surface area contributed by atoms with Crippen LogP contribution in [0.15, 0.2) is 133 Å². The Morgan fingerprint density at radius 3 is 2.31 bits per heavy atom. The van der Waals surface area contributed by atoms with Crippen molar-refractivity contribution in [1.29, 1.82) is 0 Å². The summed E-state index contributed by atoms with van der Waals surface area (Å²) in [6.45, 7) is 0.272. The van der Waals surface area contributed by atoms with Crippen LogP contribution in [-0.2, 0) is 38.6 Å². The molecule has 0 bridgehead atoms. The first-order valence-corrected chi connectivity index (χ1v) is 17.9. The van der Waals surface area contributed by atoms with E-state index in [0.29, 0.717) is 12.8 Å². The zero-order valence-corrected chi connectivity index (χ0v) is 29.1. The fraction of sp³-hybridized carbons (Fsp3) is 0.244. The van der Waals surface area contributed by atoms with Crippen LogP contribution in [0.3, 0.4) is 0 Å². The number of benzene rings is 4. The molecule has 1 aliphatic rings. The van der Waals surface area contributed by atoms with Crippen LogP contribution >= 0.6 is 11.8 Å². The highest BCUT2D eigenvalue weighted by Crippen LogP contribution is 2.39. The van der Waals surface area contributed by atoms with Gasteiger partial charge in [-0.2, -0.15) is 0 Å². The lowest BCUT2D eigenvalue weighted by atomic mass is 9.99. The monoisotopic (exact) mass is 703 g/mol. The number of amides is 2. The molecule has 0 unspecified atom stereocenters. The number of rotatable bonds is 13. The van der Waals surface area contributed by atoms with E-state index in [2.05, 4.69) is 15.6 Å². The van der Waals surface area contributed by atoms with E-state index >= 15 is 0 Å². The molecule has 6 rings (SSSR count). The van der Waals surface area contributed by atoms with Gasteiger partial charge in [0, 0.05) is 36.9 Å². The number of aliphatic hydroxyl groups is 1. The molecule has 1 aromatic heterocycles. The van der Waals surface area contributed by atoms with Crippen LogP contribution < -0.4 is 10.6 Å². The Hall–Kier alpha value is -5.00. The van der Waals surface area contributed by atoms with E-state index in [1.165, 1.54) is 7.11 Å². The topological polar surface area (TPSA) is 119 Å². The van der Waals surface area contributed by atoms with Gasteiger partial charge < -0.3 is 30.0 Å². The van der Waals surface area contributed by atoms with Gasteiger partial charge in [-0.25, -0.2) is 14.6 Å². The quantitative estimate of drug-likeness (QED) is 0.0874. The summed E-state index contributed by atoms with van der Waals surface area (Å²) in [5.74, 6) is 0.227. The van der Waals surface area contributed by atoms with E-state index in [1.807, 2.05) is 121 Å². The Bertz CT molecular complexity index is 1860. The number of hydrogen-bond acceptors (Lipinski definition) is 8. The summed E-state index contributed by atoms with van der Waals surface area (Å²) in [5, 5.41) is 16.1. The molecular formula is C41H41N3O6S. The number of carbonyl (C=O) groups excluding carboxylic acids is 2. The Labute approximate surface area is 302 Å². The third-order valence-corrected chi connectivity index (χ3v) is 9.72. The van der Waals surface area contributed by atoms with Gasteiger partial charge >= 0.3 is 12.0 Å². The standard InChI is InChI=1S/C41H41N3O6S/c1-48-39(46)36(23-28-8-3-2-4-9-28)44-41(47)43-25-30-10-7-11-34(22-30)31-17-19-33(20-18-31)40-49-35(27-51-38-12-5-6-21-42-38)24-37(50-40)32-15-13-29(26-45)14-16-32/h2-22,35-37,40,45H,23-27H2,1H3,(H2,43,44,47)/t35-,36+,37+,40+/m1/s1. The van der Waals surface area contributed by atoms with E-state index in [1.54, 1.807) is 18.0 Å². The zero-order valence-electron chi connectivity index (χ0n) is 28.3. The number of nitrogens with one attached hydrogen (secondary N) is 2. The number of esters is 1. The van der Waals surface area contributed by atoms with Gasteiger partial charge in [-0.05, 0) is 51.6 Å². The molecule has 2 amide bonds. The maximum Gasteiger partial charge on any atom is 0.328 e. The fourth-order valence-electron chi connectivity index (χ4n) is 5.90. The Morgan fingerprint density at radius 2 is 1.59 bits per heavy atom. The van der Waals surface area contributed by atoms with Gasteiger partial charge in [0.1, 0.15) is 6.04 Å². The number of ether oxygens (including phenoxy) is 3. The number of nitrogens with zero attached hydrogens (tertiary/aromatic N) is 1. The molecule has 1 fully saturated rings. The van der Waals surface area contributed by atoms with Crippen molar-refractivity contribution in [2.75, 3.05) is 12.9 Å². The molecule has 51 heavy (non-hydrogen) atoms. The average molecular weight is 704 g/mol. The van der Waals surface area contributed by atoms with Gasteiger partial charge in [-0.3, -0.25) is 0 Å². The number of aromatic nitrogens is 1. The number of hydrogen-bond donors (Lipinski definition) is 3. The molecule has 4 aromatic carbocycles. The molecule has 9 nitrogen and oxygen atoms in total. The lowest BCUT2D eigenvalue weighted by molar-refractivity contribution is -0.245. The number of methoxy groups -OCH3 is 1. The van der Waals surface area contributed by atoms with Crippen LogP contribution in [0.5, 0.6) is 0 Å². The highest BCUT2D eigenvalue weighted by molar-refractivity contribution is 7.99. The van der Waals surface area contributed by atoms with E-state index in [0.717, 1.165) is 49.7 Å². The minimum Gasteiger partial charge on any atom is -0.467 e. The first-order valence-electron chi connectivity index (χ1n) is 16.9. The Morgan fingerprint density at radius 1 is 0.843 bits per heavy atom. The smallest absolute Gasteiger partial charge is 0.328 e. The Kier molecular flexibility index (Phi) is 12.5. The summed E-state index contributed by atoms with van der Waals surface area (Å²) in [4.78, 5) is 29.6. The summed E-state index contributed by atoms with van der Waals surface area (Å²) >= 11 is 1.66. The van der Waals surface area contributed by atoms with Crippen LogP contribution in [0, 0.1) is 0 Å². The minimum absolute atomic E-state index is 0.00532. The summed E-state index contributed by atoms with van der Waals surface area (Å²) in [6, 6.07) is 38.1. The largest absolute Gasteiger partial charge is 0.467 e. The summed E-state index contributed by atoms with van der Waals surface area (Å²) in [5.41, 5.74) is 6.64. The first-order chi connectivity index (χ1) is 25.0. The SMILES string of the molecule is COC(=O)[C@H](Cc1ccccc1)NC(=O)NCc1cccc(-c2ccc([C@H]3O[C@@H](CSc4ccccn4)C[C@@H](c4ccc(CO)cc4)O3)cc2)c1. The van der Waals surface area contributed by atoms with Crippen LogP contribution in [0.2, 0.25) is 0 Å². The minimum atomic E-state index is -0.809. The van der Waals surface area contributed by atoms with Gasteiger partial charge in [0.05, 0.1) is 31.0 Å². The maximum absolute atomic E-state index is 12.8. The third kappa shape index (κ3) is 10.0.